The molecule has 2 rings (SSSR count). The van der Waals surface area contributed by atoms with Crippen LogP contribution in [0.4, 0.5) is 10.1 Å². The molecule has 1 unspecified atom stereocenters. The van der Waals surface area contributed by atoms with Crippen LogP contribution in [0.3, 0.4) is 0 Å². The maximum absolute atomic E-state index is 13.3. The van der Waals surface area contributed by atoms with E-state index in [-0.39, 0.29) is 31.0 Å². The van der Waals surface area contributed by atoms with E-state index in [1.165, 1.54) is 18.2 Å². The van der Waals surface area contributed by atoms with Crippen molar-refractivity contribution in [2.24, 2.45) is 0 Å². The maximum atomic E-state index is 13.3. The lowest BCUT2D eigenvalue weighted by Gasteiger charge is -2.15. The van der Waals surface area contributed by atoms with Gasteiger partial charge in [0, 0.05) is 12.7 Å². The summed E-state index contributed by atoms with van der Waals surface area (Å²) >= 11 is 0. The van der Waals surface area contributed by atoms with E-state index < -0.39 is 5.82 Å². The quantitative estimate of drug-likeness (QED) is 0.842. The van der Waals surface area contributed by atoms with Crippen molar-refractivity contribution >= 4 is 24.0 Å². The molecule has 1 amide bonds. The van der Waals surface area contributed by atoms with Gasteiger partial charge in [-0.2, -0.15) is 0 Å². The van der Waals surface area contributed by atoms with Gasteiger partial charge in [0.05, 0.1) is 18.3 Å². The van der Waals surface area contributed by atoms with Gasteiger partial charge in [-0.1, -0.05) is 0 Å². The molecule has 0 aromatic heterocycles. The summed E-state index contributed by atoms with van der Waals surface area (Å²) in [6.07, 6.45) is 2.06. The lowest BCUT2D eigenvalue weighted by atomic mass is 10.2. The van der Waals surface area contributed by atoms with Crippen molar-refractivity contribution in [2.75, 3.05) is 32.1 Å². The molecule has 1 aliphatic rings. The highest BCUT2D eigenvalue weighted by atomic mass is 35.5. The minimum atomic E-state index is -0.422. The Kier molecular flexibility index (Phi) is 7.42. The highest BCUT2D eigenvalue weighted by Gasteiger charge is 2.17. The molecule has 0 spiro atoms. The summed E-state index contributed by atoms with van der Waals surface area (Å²) in [5.41, 5.74) is 0.336. The molecular formula is C14H20ClFN2O3. The second kappa shape index (κ2) is 8.81. The first kappa shape index (κ1) is 17.7. The molecular weight excluding hydrogens is 299 g/mol. The fraction of sp³-hybridized carbons (Fsp3) is 0.500. The lowest BCUT2D eigenvalue weighted by Crippen LogP contribution is -2.25. The zero-order valence-electron chi connectivity index (χ0n) is 11.9. The normalized spacial score (nSPS) is 17.1. The molecule has 2 N–H and O–H groups in total. The van der Waals surface area contributed by atoms with Crippen molar-refractivity contribution in [1.82, 2.24) is 5.32 Å². The second-order valence-electron chi connectivity index (χ2n) is 4.67. The highest BCUT2D eigenvalue weighted by Crippen LogP contribution is 2.26. The van der Waals surface area contributed by atoms with Crippen molar-refractivity contribution in [1.29, 1.82) is 0 Å². The monoisotopic (exact) mass is 318 g/mol. The predicted octanol–water partition coefficient (Wildman–Crippen LogP) is 1.96. The van der Waals surface area contributed by atoms with Crippen LogP contribution in [0.2, 0.25) is 0 Å². The number of hydrogen-bond acceptors (Lipinski definition) is 4. The number of nitrogens with one attached hydrogen (secondary N) is 2. The largest absolute Gasteiger partial charge is 0.489 e. The van der Waals surface area contributed by atoms with Crippen molar-refractivity contribution in [3.05, 3.63) is 24.0 Å². The summed E-state index contributed by atoms with van der Waals surface area (Å²) in [6, 6.07) is 4.07. The molecule has 0 aliphatic carbocycles. The summed E-state index contributed by atoms with van der Waals surface area (Å²) in [7, 11) is 1.67. The zero-order valence-corrected chi connectivity index (χ0v) is 12.7. The lowest BCUT2D eigenvalue weighted by molar-refractivity contribution is -0.115. The average molecular weight is 319 g/mol. The number of anilines is 1. The molecule has 21 heavy (non-hydrogen) atoms. The molecule has 1 saturated heterocycles. The Morgan fingerprint density at radius 1 is 1.52 bits per heavy atom. The second-order valence-corrected chi connectivity index (χ2v) is 4.67. The van der Waals surface area contributed by atoms with Crippen molar-refractivity contribution in [3.63, 3.8) is 0 Å². The molecule has 7 heteroatoms. The molecule has 1 heterocycles. The van der Waals surface area contributed by atoms with Crippen LogP contribution in [0.5, 0.6) is 5.75 Å². The number of carbonyl (C=O) groups is 1. The Morgan fingerprint density at radius 2 is 2.33 bits per heavy atom. The fourth-order valence-corrected chi connectivity index (χ4v) is 2.04. The first-order valence-corrected chi connectivity index (χ1v) is 6.67. The molecule has 1 aromatic rings. The third-order valence-electron chi connectivity index (χ3n) is 3.00. The van der Waals surface area contributed by atoms with Crippen LogP contribution in [0.15, 0.2) is 18.2 Å². The van der Waals surface area contributed by atoms with E-state index in [0.717, 1.165) is 19.4 Å². The molecule has 1 aliphatic heterocycles. The van der Waals surface area contributed by atoms with E-state index in [1.807, 2.05) is 0 Å². The number of rotatable bonds is 6. The molecule has 5 nitrogen and oxygen atoms in total. The van der Waals surface area contributed by atoms with E-state index in [4.69, 9.17) is 9.47 Å². The molecule has 1 fully saturated rings. The van der Waals surface area contributed by atoms with Crippen molar-refractivity contribution in [3.8, 4) is 5.75 Å². The van der Waals surface area contributed by atoms with Crippen LogP contribution in [0.1, 0.15) is 12.8 Å². The number of carbonyl (C=O) groups excluding carboxylic acids is 1. The van der Waals surface area contributed by atoms with E-state index in [1.54, 1.807) is 7.05 Å². The maximum Gasteiger partial charge on any atom is 0.238 e. The van der Waals surface area contributed by atoms with Crippen LogP contribution in [0.25, 0.3) is 0 Å². The fourth-order valence-electron chi connectivity index (χ4n) is 2.04. The molecule has 0 radical (unpaired) electrons. The Hall–Kier alpha value is -1.37. The summed E-state index contributed by atoms with van der Waals surface area (Å²) in [5.74, 6) is -0.222. The Balaban J connectivity index is 0.00000220. The molecule has 0 bridgehead atoms. The Bertz CT molecular complexity index is 468. The van der Waals surface area contributed by atoms with Crippen LogP contribution in [0, 0.1) is 5.82 Å². The SMILES string of the molecule is CNCC(=O)Nc1cc(F)ccc1OCC1CCCO1.Cl. The van der Waals surface area contributed by atoms with Crippen LogP contribution in [-0.4, -0.2) is 38.8 Å². The standard InChI is InChI=1S/C14H19FN2O3.ClH/c1-16-8-14(18)17-12-7-10(15)4-5-13(12)20-9-11-3-2-6-19-11;/h4-5,7,11,16H,2-3,6,8-9H2,1H3,(H,17,18);1H. The van der Waals surface area contributed by atoms with Gasteiger partial charge in [-0.15, -0.1) is 12.4 Å². The molecule has 1 atom stereocenters. The molecule has 1 aromatic carbocycles. The zero-order chi connectivity index (χ0) is 14.4. The van der Waals surface area contributed by atoms with Gasteiger partial charge in [-0.3, -0.25) is 4.79 Å². The van der Waals surface area contributed by atoms with Gasteiger partial charge in [0.2, 0.25) is 5.91 Å². The smallest absolute Gasteiger partial charge is 0.238 e. The number of halogens is 2. The number of benzene rings is 1. The van der Waals surface area contributed by atoms with Crippen molar-refractivity contribution < 1.29 is 18.7 Å². The van der Waals surface area contributed by atoms with Gasteiger partial charge in [-0.05, 0) is 32.0 Å². The third kappa shape index (κ3) is 5.49. The first-order valence-electron chi connectivity index (χ1n) is 6.67. The minimum absolute atomic E-state index is 0. The van der Waals surface area contributed by atoms with Gasteiger partial charge in [-0.25, -0.2) is 4.39 Å². The van der Waals surface area contributed by atoms with Crippen LogP contribution >= 0.6 is 12.4 Å². The van der Waals surface area contributed by atoms with E-state index >= 15 is 0 Å². The van der Waals surface area contributed by atoms with Gasteiger partial charge in [0.1, 0.15) is 18.2 Å². The summed E-state index contributed by atoms with van der Waals surface area (Å²) < 4.78 is 24.4. The number of likely N-dealkylation sites (N-methyl/N-ethyl adjacent to an activating group) is 1. The number of hydrogen-bond donors (Lipinski definition) is 2. The average Bonchev–Trinajstić information content (AvgIpc) is 2.91. The summed E-state index contributed by atoms with van der Waals surface area (Å²) in [5, 5.41) is 5.35. The van der Waals surface area contributed by atoms with Gasteiger partial charge in [0.15, 0.2) is 0 Å². The molecule has 0 saturated carbocycles. The topological polar surface area (TPSA) is 59.6 Å². The van der Waals surface area contributed by atoms with Gasteiger partial charge < -0.3 is 20.1 Å². The third-order valence-corrected chi connectivity index (χ3v) is 3.00. The number of amides is 1. The van der Waals surface area contributed by atoms with Crippen LogP contribution in [-0.2, 0) is 9.53 Å². The van der Waals surface area contributed by atoms with E-state index in [0.29, 0.717) is 18.0 Å². The van der Waals surface area contributed by atoms with E-state index in [2.05, 4.69) is 10.6 Å². The summed E-state index contributed by atoms with van der Waals surface area (Å²) in [4.78, 5) is 11.6. The van der Waals surface area contributed by atoms with Crippen LogP contribution < -0.4 is 15.4 Å². The first-order chi connectivity index (χ1) is 9.69. The van der Waals surface area contributed by atoms with Gasteiger partial charge >= 0.3 is 0 Å². The number of ether oxygens (including phenoxy) is 2. The van der Waals surface area contributed by atoms with Crippen molar-refractivity contribution in [2.45, 2.75) is 18.9 Å². The highest BCUT2D eigenvalue weighted by molar-refractivity contribution is 5.93. The Morgan fingerprint density at radius 3 is 3.00 bits per heavy atom. The van der Waals surface area contributed by atoms with E-state index in [9.17, 15) is 9.18 Å². The van der Waals surface area contributed by atoms with Gasteiger partial charge in [0.25, 0.3) is 0 Å². The Labute approximate surface area is 129 Å². The molecule has 118 valence electrons. The minimum Gasteiger partial charge on any atom is -0.489 e. The predicted molar refractivity (Wildman–Crippen MR) is 80.7 cm³/mol. The summed E-state index contributed by atoms with van der Waals surface area (Å²) in [6.45, 7) is 1.31.